The molecule has 1 aromatic carbocycles. The monoisotopic (exact) mass is 347 g/mol. The molecule has 4 atom stereocenters. The highest BCUT2D eigenvalue weighted by molar-refractivity contribution is 5.77. The van der Waals surface area contributed by atoms with Crippen LogP contribution in [0.1, 0.15) is 49.5 Å². The van der Waals surface area contributed by atoms with Gasteiger partial charge in [0.05, 0.1) is 0 Å². The largest absolute Gasteiger partial charge is 0.342 e. The van der Waals surface area contributed by atoms with Crippen molar-refractivity contribution < 1.29 is 13.6 Å². The molecule has 6 nitrogen and oxygen atoms in total. The fraction of sp³-hybridized carbons (Fsp3) is 0.529. The highest BCUT2D eigenvalue weighted by atomic mass is 19.1. The van der Waals surface area contributed by atoms with Crippen LogP contribution in [0.3, 0.4) is 0 Å². The molecule has 0 unspecified atom stereocenters. The van der Waals surface area contributed by atoms with Gasteiger partial charge in [-0.3, -0.25) is 4.79 Å². The summed E-state index contributed by atoms with van der Waals surface area (Å²) in [6.07, 6.45) is 5.15. The quantitative estimate of drug-likeness (QED) is 0.870. The van der Waals surface area contributed by atoms with Crippen molar-refractivity contribution >= 4 is 5.91 Å². The van der Waals surface area contributed by atoms with Crippen molar-refractivity contribution in [3.8, 4) is 0 Å². The van der Waals surface area contributed by atoms with Crippen LogP contribution in [-0.2, 0) is 4.79 Å². The van der Waals surface area contributed by atoms with E-state index in [0.29, 0.717) is 18.3 Å². The number of nitrogens with one attached hydrogen (secondary N) is 2. The van der Waals surface area contributed by atoms with Crippen molar-refractivity contribution in [1.82, 2.24) is 25.9 Å². The van der Waals surface area contributed by atoms with Crippen molar-refractivity contribution in [3.05, 3.63) is 41.2 Å². The summed E-state index contributed by atoms with van der Waals surface area (Å²) in [4.78, 5) is 12.5. The van der Waals surface area contributed by atoms with E-state index < -0.39 is 17.7 Å². The number of aromatic amines is 1. The standard InChI is InChI=1S/C17H19F2N5O/c18-12-3-4-14(19)13(8-12)16(17-21-23-24-22-17)20-15(25)7-11-6-9-1-2-10(11)5-9/h3-4,8-11,16H,1-2,5-7H2,(H,20,25)(H,21,22,23,24)/t9-,10-,11+,16+/m0/s1. The number of carbonyl (C=O) groups excluding carboxylic acids is 1. The summed E-state index contributed by atoms with van der Waals surface area (Å²) in [6, 6.07) is 2.14. The van der Waals surface area contributed by atoms with Crippen LogP contribution in [0.5, 0.6) is 0 Å². The van der Waals surface area contributed by atoms with E-state index in [4.69, 9.17) is 0 Å². The van der Waals surface area contributed by atoms with Crippen LogP contribution in [-0.4, -0.2) is 26.5 Å². The second-order valence-electron chi connectivity index (χ2n) is 7.08. The third-order valence-corrected chi connectivity index (χ3v) is 5.53. The summed E-state index contributed by atoms with van der Waals surface area (Å²) in [7, 11) is 0. The predicted molar refractivity (Wildman–Crippen MR) is 84.1 cm³/mol. The maximum Gasteiger partial charge on any atom is 0.221 e. The molecular weight excluding hydrogens is 328 g/mol. The Morgan fingerprint density at radius 3 is 2.88 bits per heavy atom. The molecule has 1 amide bonds. The smallest absolute Gasteiger partial charge is 0.221 e. The predicted octanol–water partition coefficient (Wildman–Crippen LogP) is 2.51. The van der Waals surface area contributed by atoms with E-state index in [2.05, 4.69) is 25.9 Å². The van der Waals surface area contributed by atoms with E-state index >= 15 is 0 Å². The summed E-state index contributed by atoms with van der Waals surface area (Å²) in [5.74, 6) is 0.425. The van der Waals surface area contributed by atoms with Crippen LogP contribution in [0.4, 0.5) is 8.78 Å². The zero-order chi connectivity index (χ0) is 17.4. The van der Waals surface area contributed by atoms with Gasteiger partial charge in [-0.1, -0.05) is 11.6 Å². The van der Waals surface area contributed by atoms with Crippen molar-refractivity contribution in [3.63, 3.8) is 0 Å². The number of aromatic nitrogens is 4. The Kier molecular flexibility index (Phi) is 4.19. The van der Waals surface area contributed by atoms with Gasteiger partial charge in [0.25, 0.3) is 0 Å². The fourth-order valence-corrected chi connectivity index (χ4v) is 4.39. The van der Waals surface area contributed by atoms with E-state index in [9.17, 15) is 13.6 Å². The Labute approximate surface area is 143 Å². The van der Waals surface area contributed by atoms with Crippen molar-refractivity contribution in [2.75, 3.05) is 0 Å². The van der Waals surface area contributed by atoms with Gasteiger partial charge in [-0.15, -0.1) is 10.2 Å². The number of carbonyl (C=O) groups is 1. The topological polar surface area (TPSA) is 83.6 Å². The summed E-state index contributed by atoms with van der Waals surface area (Å²) >= 11 is 0. The minimum absolute atomic E-state index is 0.0114. The van der Waals surface area contributed by atoms with E-state index in [1.165, 1.54) is 19.3 Å². The van der Waals surface area contributed by atoms with Gasteiger partial charge in [-0.25, -0.2) is 8.78 Å². The highest BCUT2D eigenvalue weighted by Gasteiger charge is 2.40. The zero-order valence-electron chi connectivity index (χ0n) is 13.6. The second-order valence-corrected chi connectivity index (χ2v) is 7.08. The number of nitrogens with zero attached hydrogens (tertiary/aromatic N) is 3. The van der Waals surface area contributed by atoms with Crippen LogP contribution < -0.4 is 5.32 Å². The maximum atomic E-state index is 14.2. The van der Waals surface area contributed by atoms with E-state index in [0.717, 1.165) is 30.5 Å². The lowest BCUT2D eigenvalue weighted by Gasteiger charge is -2.23. The van der Waals surface area contributed by atoms with Crippen molar-refractivity contribution in [1.29, 1.82) is 0 Å². The number of amides is 1. The Morgan fingerprint density at radius 1 is 1.32 bits per heavy atom. The number of hydrogen-bond acceptors (Lipinski definition) is 4. The molecule has 25 heavy (non-hydrogen) atoms. The van der Waals surface area contributed by atoms with Gasteiger partial charge in [0.1, 0.15) is 17.7 Å². The number of benzene rings is 1. The first-order valence-corrected chi connectivity index (χ1v) is 8.58. The zero-order valence-corrected chi connectivity index (χ0v) is 13.6. The van der Waals surface area contributed by atoms with E-state index in [1.807, 2.05) is 0 Å². The third-order valence-electron chi connectivity index (χ3n) is 5.53. The first-order chi connectivity index (χ1) is 12.1. The number of rotatable bonds is 5. The molecule has 2 saturated carbocycles. The Hall–Kier alpha value is -2.38. The molecule has 132 valence electrons. The van der Waals surface area contributed by atoms with Crippen molar-refractivity contribution in [2.45, 2.75) is 38.1 Å². The van der Waals surface area contributed by atoms with E-state index in [-0.39, 0.29) is 17.3 Å². The molecule has 2 aromatic rings. The number of H-pyrrole nitrogens is 1. The molecule has 1 aromatic heterocycles. The summed E-state index contributed by atoms with van der Waals surface area (Å²) in [5, 5.41) is 16.2. The summed E-state index contributed by atoms with van der Waals surface area (Å²) in [6.45, 7) is 0. The van der Waals surface area contributed by atoms with Crippen LogP contribution in [0.25, 0.3) is 0 Å². The first kappa shape index (κ1) is 16.1. The van der Waals surface area contributed by atoms with Crippen LogP contribution in [0.2, 0.25) is 0 Å². The van der Waals surface area contributed by atoms with Gasteiger partial charge in [0.15, 0.2) is 0 Å². The minimum atomic E-state index is -0.972. The molecule has 0 spiro atoms. The third kappa shape index (κ3) is 3.25. The lowest BCUT2D eigenvalue weighted by atomic mass is 9.86. The Morgan fingerprint density at radius 2 is 2.20 bits per heavy atom. The number of halogens is 2. The number of hydrogen-bond donors (Lipinski definition) is 2. The molecule has 1 heterocycles. The first-order valence-electron chi connectivity index (χ1n) is 8.58. The van der Waals surface area contributed by atoms with E-state index in [1.54, 1.807) is 0 Å². The summed E-state index contributed by atoms with van der Waals surface area (Å²) < 4.78 is 27.8. The molecule has 0 saturated heterocycles. The van der Waals surface area contributed by atoms with Gasteiger partial charge >= 0.3 is 0 Å². The van der Waals surface area contributed by atoms with Crippen LogP contribution in [0.15, 0.2) is 18.2 Å². The molecule has 0 aliphatic heterocycles. The lowest BCUT2D eigenvalue weighted by Crippen LogP contribution is -2.33. The average molecular weight is 347 g/mol. The Bertz CT molecular complexity index is 766. The number of tetrazole rings is 1. The van der Waals surface area contributed by atoms with Gasteiger partial charge in [-0.2, -0.15) is 5.21 Å². The van der Waals surface area contributed by atoms with Crippen LogP contribution >= 0.6 is 0 Å². The maximum absolute atomic E-state index is 14.2. The van der Waals surface area contributed by atoms with Crippen molar-refractivity contribution in [2.24, 2.45) is 17.8 Å². The molecule has 2 aliphatic rings. The molecule has 8 heteroatoms. The number of fused-ring (bicyclic) bond motifs is 2. The van der Waals surface area contributed by atoms with Gasteiger partial charge < -0.3 is 5.32 Å². The molecular formula is C17H19F2N5O. The molecule has 2 bridgehead atoms. The van der Waals surface area contributed by atoms with Crippen LogP contribution in [0, 0.1) is 29.4 Å². The van der Waals surface area contributed by atoms with Gasteiger partial charge in [0, 0.05) is 12.0 Å². The molecule has 2 fully saturated rings. The summed E-state index contributed by atoms with van der Waals surface area (Å²) in [5.41, 5.74) is -0.0114. The van der Waals surface area contributed by atoms with Gasteiger partial charge in [0.2, 0.25) is 11.7 Å². The second kappa shape index (κ2) is 6.50. The fourth-order valence-electron chi connectivity index (χ4n) is 4.39. The SMILES string of the molecule is O=C(C[C@H]1C[C@H]2CC[C@H]1C2)N[C@@H](c1nn[nH]n1)c1cc(F)ccc1F. The minimum Gasteiger partial charge on any atom is -0.342 e. The molecule has 2 aliphatic carbocycles. The molecule has 2 N–H and O–H groups in total. The Balaban J connectivity index is 1.52. The average Bonchev–Trinajstić information content (AvgIpc) is 3.32. The van der Waals surface area contributed by atoms with Gasteiger partial charge in [-0.05, 0) is 55.2 Å². The normalized spacial score (nSPS) is 25.9. The highest BCUT2D eigenvalue weighted by Crippen LogP contribution is 2.49. The lowest BCUT2D eigenvalue weighted by molar-refractivity contribution is -0.123. The molecule has 0 radical (unpaired) electrons. The molecule has 4 rings (SSSR count).